The summed E-state index contributed by atoms with van der Waals surface area (Å²) in [7, 11) is 0. The fourth-order valence-corrected chi connectivity index (χ4v) is 5.64. The molecule has 10 heteroatoms. The second-order valence-electron chi connectivity index (χ2n) is 8.44. The molecule has 2 fully saturated rings. The predicted octanol–water partition coefficient (Wildman–Crippen LogP) is 1.48. The first-order valence-electron chi connectivity index (χ1n) is 11.3. The minimum absolute atomic E-state index is 0.0814. The summed E-state index contributed by atoms with van der Waals surface area (Å²) in [5.74, 6) is 0.330. The molecule has 2 aromatic rings. The van der Waals surface area contributed by atoms with Crippen molar-refractivity contribution in [1.82, 2.24) is 19.8 Å². The van der Waals surface area contributed by atoms with Crippen LogP contribution in [0.3, 0.4) is 0 Å². The number of amides is 3. The van der Waals surface area contributed by atoms with Crippen LogP contribution in [0.2, 0.25) is 0 Å². The van der Waals surface area contributed by atoms with E-state index in [9.17, 15) is 14.4 Å². The highest BCUT2D eigenvalue weighted by atomic mass is 32.2. The highest BCUT2D eigenvalue weighted by Gasteiger charge is 2.38. The zero-order valence-corrected chi connectivity index (χ0v) is 19.0. The van der Waals surface area contributed by atoms with Gasteiger partial charge in [0.25, 0.3) is 0 Å². The highest BCUT2D eigenvalue weighted by Crippen LogP contribution is 2.36. The van der Waals surface area contributed by atoms with Crippen molar-refractivity contribution in [2.45, 2.75) is 23.0 Å². The average Bonchev–Trinajstić information content (AvgIpc) is 2.88. The number of para-hydroxylation sites is 1. The Hall–Kier alpha value is -3.14. The Morgan fingerprint density at radius 3 is 2.27 bits per heavy atom. The Bertz CT molecular complexity index is 1040. The topological polar surface area (TPSA) is 98.7 Å². The number of hydrogen-bond donors (Lipinski definition) is 1. The Morgan fingerprint density at radius 1 is 0.879 bits per heavy atom. The summed E-state index contributed by atoms with van der Waals surface area (Å²) in [6.07, 6.45) is 4.71. The van der Waals surface area contributed by atoms with Crippen LogP contribution in [0.1, 0.15) is 12.8 Å². The van der Waals surface area contributed by atoms with Crippen LogP contribution in [-0.2, 0) is 14.4 Å². The van der Waals surface area contributed by atoms with E-state index in [1.54, 1.807) is 23.4 Å². The van der Waals surface area contributed by atoms with E-state index in [1.165, 1.54) is 11.8 Å². The molecule has 0 saturated carbocycles. The first kappa shape index (κ1) is 21.7. The predicted molar refractivity (Wildman–Crippen MR) is 125 cm³/mol. The van der Waals surface area contributed by atoms with Crippen LogP contribution < -0.4 is 10.2 Å². The third-order valence-electron chi connectivity index (χ3n) is 6.43. The first-order chi connectivity index (χ1) is 16.1. The van der Waals surface area contributed by atoms with Gasteiger partial charge in [-0.15, -0.1) is 11.8 Å². The molecule has 1 N–H and O–H groups in total. The quantitative estimate of drug-likeness (QED) is 0.684. The van der Waals surface area contributed by atoms with Crippen molar-refractivity contribution >= 4 is 41.1 Å². The summed E-state index contributed by atoms with van der Waals surface area (Å²) in [6, 6.07) is 9.30. The summed E-state index contributed by atoms with van der Waals surface area (Å²) in [5.41, 5.74) is 0.750. The van der Waals surface area contributed by atoms with Gasteiger partial charge in [0, 0.05) is 62.5 Å². The van der Waals surface area contributed by atoms with Crippen molar-refractivity contribution in [3.8, 4) is 0 Å². The van der Waals surface area contributed by atoms with Crippen molar-refractivity contribution in [2.75, 3.05) is 49.5 Å². The van der Waals surface area contributed by atoms with Gasteiger partial charge in [0.2, 0.25) is 23.7 Å². The van der Waals surface area contributed by atoms with Crippen LogP contribution in [-0.4, -0.2) is 82.0 Å². The number of hydrogen-bond acceptors (Lipinski definition) is 7. The maximum atomic E-state index is 13.1. The lowest BCUT2D eigenvalue weighted by Gasteiger charge is -2.39. The van der Waals surface area contributed by atoms with Crippen molar-refractivity contribution < 1.29 is 14.4 Å². The number of piperidine rings is 1. The standard InChI is InChI=1S/C23H26N6O3S/c30-20-19(33-18-5-2-1-4-17(18)26-20)22(32)27-10-6-16(7-11-27)21(31)28-12-14-29(15-13-28)23-24-8-3-9-25-23/h1-5,8-9,16,19H,6-7,10-15H2,(H,26,30)/t19-/m1/s1. The number of benzene rings is 1. The molecule has 33 heavy (non-hydrogen) atoms. The van der Waals surface area contributed by atoms with E-state index in [0.717, 1.165) is 10.6 Å². The molecular formula is C23H26N6O3S. The smallest absolute Gasteiger partial charge is 0.247 e. The molecule has 4 heterocycles. The lowest BCUT2D eigenvalue weighted by molar-refractivity contribution is -0.141. The van der Waals surface area contributed by atoms with Gasteiger partial charge in [-0.25, -0.2) is 9.97 Å². The van der Waals surface area contributed by atoms with Gasteiger partial charge in [-0.05, 0) is 31.0 Å². The van der Waals surface area contributed by atoms with Gasteiger partial charge in [-0.3, -0.25) is 14.4 Å². The highest BCUT2D eigenvalue weighted by molar-refractivity contribution is 8.01. The van der Waals surface area contributed by atoms with Gasteiger partial charge in [0.1, 0.15) is 0 Å². The molecule has 172 valence electrons. The molecule has 9 nitrogen and oxygen atoms in total. The third kappa shape index (κ3) is 4.52. The lowest BCUT2D eigenvalue weighted by atomic mass is 9.94. The Balaban J connectivity index is 1.13. The van der Waals surface area contributed by atoms with Crippen molar-refractivity contribution in [2.24, 2.45) is 5.92 Å². The minimum atomic E-state index is -0.777. The molecular weight excluding hydrogens is 440 g/mol. The van der Waals surface area contributed by atoms with Crippen LogP contribution >= 0.6 is 11.8 Å². The van der Waals surface area contributed by atoms with Gasteiger partial charge in [0.05, 0.1) is 5.69 Å². The molecule has 3 aliphatic rings. The zero-order valence-electron chi connectivity index (χ0n) is 18.2. The Kier molecular flexibility index (Phi) is 6.17. The summed E-state index contributed by atoms with van der Waals surface area (Å²) < 4.78 is 0. The molecule has 1 aromatic heterocycles. The Labute approximate surface area is 196 Å². The largest absolute Gasteiger partial charge is 0.341 e. The van der Waals surface area contributed by atoms with Crippen LogP contribution in [0.25, 0.3) is 0 Å². The van der Waals surface area contributed by atoms with E-state index in [0.29, 0.717) is 58.1 Å². The second-order valence-corrected chi connectivity index (χ2v) is 9.59. The maximum absolute atomic E-state index is 13.1. The van der Waals surface area contributed by atoms with E-state index < -0.39 is 5.25 Å². The van der Waals surface area contributed by atoms with Crippen LogP contribution in [0, 0.1) is 5.92 Å². The molecule has 3 aliphatic heterocycles. The van der Waals surface area contributed by atoms with Crippen LogP contribution in [0.5, 0.6) is 0 Å². The molecule has 0 radical (unpaired) electrons. The molecule has 3 amide bonds. The summed E-state index contributed by atoms with van der Waals surface area (Å²) in [4.78, 5) is 53.8. The van der Waals surface area contributed by atoms with E-state index in [-0.39, 0.29) is 23.6 Å². The monoisotopic (exact) mass is 466 g/mol. The fourth-order valence-electron chi connectivity index (χ4n) is 4.57. The molecule has 1 atom stereocenters. The fraction of sp³-hybridized carbons (Fsp3) is 0.435. The van der Waals surface area contributed by atoms with Gasteiger partial charge in [-0.1, -0.05) is 12.1 Å². The van der Waals surface area contributed by atoms with Gasteiger partial charge in [-0.2, -0.15) is 0 Å². The summed E-state index contributed by atoms with van der Waals surface area (Å²) in [5, 5.41) is 2.06. The molecule has 1 aromatic carbocycles. The third-order valence-corrected chi connectivity index (χ3v) is 7.70. The summed E-state index contributed by atoms with van der Waals surface area (Å²) >= 11 is 1.30. The van der Waals surface area contributed by atoms with Crippen LogP contribution in [0.4, 0.5) is 11.6 Å². The average molecular weight is 467 g/mol. The number of fused-ring (bicyclic) bond motifs is 1. The van der Waals surface area contributed by atoms with Crippen LogP contribution in [0.15, 0.2) is 47.6 Å². The van der Waals surface area contributed by atoms with E-state index >= 15 is 0 Å². The normalized spacial score (nSPS) is 21.4. The minimum Gasteiger partial charge on any atom is -0.341 e. The maximum Gasteiger partial charge on any atom is 0.247 e. The van der Waals surface area contributed by atoms with E-state index in [1.807, 2.05) is 29.2 Å². The molecule has 0 aliphatic carbocycles. The SMILES string of the molecule is O=C1Nc2ccccc2S[C@H]1C(=O)N1CCC(C(=O)N2CCN(c3ncccn3)CC2)CC1. The molecule has 0 bridgehead atoms. The number of aromatic nitrogens is 2. The zero-order chi connectivity index (χ0) is 22.8. The number of likely N-dealkylation sites (tertiary alicyclic amines) is 1. The first-order valence-corrected chi connectivity index (χ1v) is 12.1. The van der Waals surface area contributed by atoms with Gasteiger partial charge >= 0.3 is 0 Å². The number of nitrogens with zero attached hydrogens (tertiary/aromatic N) is 5. The van der Waals surface area contributed by atoms with Crippen molar-refractivity contribution in [3.05, 3.63) is 42.7 Å². The van der Waals surface area contributed by atoms with E-state index in [4.69, 9.17) is 0 Å². The van der Waals surface area contributed by atoms with E-state index in [2.05, 4.69) is 20.2 Å². The number of piperazine rings is 1. The summed E-state index contributed by atoms with van der Waals surface area (Å²) in [6.45, 7) is 3.71. The Morgan fingerprint density at radius 2 is 1.55 bits per heavy atom. The number of thioether (sulfide) groups is 1. The number of nitrogens with one attached hydrogen (secondary N) is 1. The van der Waals surface area contributed by atoms with Crippen molar-refractivity contribution in [3.63, 3.8) is 0 Å². The lowest BCUT2D eigenvalue weighted by Crippen LogP contribution is -2.53. The number of rotatable bonds is 3. The number of carbonyl (C=O) groups is 3. The van der Waals surface area contributed by atoms with Crippen molar-refractivity contribution in [1.29, 1.82) is 0 Å². The number of carbonyl (C=O) groups excluding carboxylic acids is 3. The van der Waals surface area contributed by atoms with Gasteiger partial charge < -0.3 is 20.0 Å². The molecule has 0 unspecified atom stereocenters. The molecule has 2 saturated heterocycles. The molecule has 5 rings (SSSR count). The molecule has 0 spiro atoms. The van der Waals surface area contributed by atoms with Gasteiger partial charge in [0.15, 0.2) is 5.25 Å². The second kappa shape index (κ2) is 9.38. The number of anilines is 2.